The molecule has 0 spiro atoms. The Morgan fingerprint density at radius 2 is 1.29 bits per heavy atom. The van der Waals surface area contributed by atoms with Crippen LogP contribution in [0, 0.1) is 0 Å². The minimum absolute atomic E-state index is 0.470. The van der Waals surface area contributed by atoms with Crippen molar-refractivity contribution in [2.45, 2.75) is 32.2 Å². The predicted octanol–water partition coefficient (Wildman–Crippen LogP) is 6.60. The number of hydrogen-bond donors (Lipinski definition) is 0. The van der Waals surface area contributed by atoms with E-state index in [2.05, 4.69) is 103 Å². The Morgan fingerprint density at radius 1 is 0.714 bits per heavy atom. The average molecular weight is 368 g/mol. The Balaban J connectivity index is 1.49. The maximum Gasteiger partial charge on any atom is 0.0233 e. The Kier molecular flexibility index (Phi) is 6.04. The highest BCUT2D eigenvalue weighted by atomic mass is 15.1. The second kappa shape index (κ2) is 9.03. The molecule has 3 aromatic carbocycles. The molecule has 1 heteroatoms. The van der Waals surface area contributed by atoms with Crippen LogP contribution in [-0.4, -0.2) is 18.0 Å². The first kappa shape index (κ1) is 18.7. The second-order valence-electron chi connectivity index (χ2n) is 7.64. The lowest BCUT2D eigenvalue weighted by molar-refractivity contribution is 0.272. The number of rotatable bonds is 7. The van der Waals surface area contributed by atoms with Gasteiger partial charge in [-0.2, -0.15) is 0 Å². The topological polar surface area (TPSA) is 3.24 Å². The van der Waals surface area contributed by atoms with E-state index >= 15 is 0 Å². The van der Waals surface area contributed by atoms with Crippen LogP contribution >= 0.6 is 0 Å². The maximum atomic E-state index is 2.56. The number of hydrogen-bond acceptors (Lipinski definition) is 1. The average Bonchev–Trinajstić information content (AvgIpc) is 2.91. The fourth-order valence-corrected chi connectivity index (χ4v) is 4.33. The minimum atomic E-state index is 0.470. The lowest BCUT2D eigenvalue weighted by Gasteiger charge is -2.24. The van der Waals surface area contributed by atoms with Crippen LogP contribution in [0.3, 0.4) is 0 Å². The molecule has 0 aromatic heterocycles. The van der Waals surface area contributed by atoms with E-state index < -0.39 is 0 Å². The summed E-state index contributed by atoms with van der Waals surface area (Å²) in [4.78, 5) is 2.56. The van der Waals surface area contributed by atoms with E-state index in [-0.39, 0.29) is 0 Å². The molecule has 1 aliphatic rings. The number of nitrogens with zero attached hydrogens (tertiary/aromatic N) is 1. The largest absolute Gasteiger partial charge is 0.299 e. The second-order valence-corrected chi connectivity index (χ2v) is 7.64. The van der Waals surface area contributed by atoms with Crippen molar-refractivity contribution < 1.29 is 0 Å². The number of benzene rings is 3. The minimum Gasteiger partial charge on any atom is -0.299 e. The molecule has 0 saturated carbocycles. The van der Waals surface area contributed by atoms with Gasteiger partial charge in [0, 0.05) is 12.5 Å². The van der Waals surface area contributed by atoms with Gasteiger partial charge in [-0.3, -0.25) is 4.90 Å². The van der Waals surface area contributed by atoms with Gasteiger partial charge in [0.15, 0.2) is 0 Å². The SMILES string of the molecule is CCN(CCCC1c2ccccc2C=Cc2ccccc21)Cc1ccccc1. The van der Waals surface area contributed by atoms with Crippen LogP contribution in [0.2, 0.25) is 0 Å². The summed E-state index contributed by atoms with van der Waals surface area (Å²) in [5, 5.41) is 0. The first-order chi connectivity index (χ1) is 13.8. The molecule has 0 fully saturated rings. The van der Waals surface area contributed by atoms with E-state index in [4.69, 9.17) is 0 Å². The smallest absolute Gasteiger partial charge is 0.0233 e. The first-order valence-corrected chi connectivity index (χ1v) is 10.5. The van der Waals surface area contributed by atoms with Gasteiger partial charge in [0.05, 0.1) is 0 Å². The normalized spacial score (nSPS) is 13.2. The van der Waals surface area contributed by atoms with E-state index in [1.54, 1.807) is 0 Å². The molecule has 0 N–H and O–H groups in total. The van der Waals surface area contributed by atoms with Crippen molar-refractivity contribution in [2.24, 2.45) is 0 Å². The Bertz CT molecular complexity index is 876. The van der Waals surface area contributed by atoms with E-state index in [0.717, 1.165) is 19.6 Å². The van der Waals surface area contributed by atoms with Gasteiger partial charge in [-0.25, -0.2) is 0 Å². The van der Waals surface area contributed by atoms with Crippen LogP contribution in [0.25, 0.3) is 12.2 Å². The van der Waals surface area contributed by atoms with Gasteiger partial charge in [0.2, 0.25) is 0 Å². The third kappa shape index (κ3) is 4.26. The summed E-state index contributed by atoms with van der Waals surface area (Å²) in [7, 11) is 0. The molecule has 0 atom stereocenters. The van der Waals surface area contributed by atoms with Crippen molar-refractivity contribution in [3.63, 3.8) is 0 Å². The lowest BCUT2D eigenvalue weighted by Crippen LogP contribution is -2.24. The summed E-state index contributed by atoms with van der Waals surface area (Å²) in [5.74, 6) is 0.470. The third-order valence-corrected chi connectivity index (χ3v) is 5.85. The quantitative estimate of drug-likeness (QED) is 0.454. The van der Waals surface area contributed by atoms with Crippen molar-refractivity contribution in [2.75, 3.05) is 13.1 Å². The predicted molar refractivity (Wildman–Crippen MR) is 120 cm³/mol. The van der Waals surface area contributed by atoms with Crippen molar-refractivity contribution in [1.82, 2.24) is 4.90 Å². The van der Waals surface area contributed by atoms with Gasteiger partial charge in [0.1, 0.15) is 0 Å². The molecule has 4 rings (SSSR count). The van der Waals surface area contributed by atoms with Crippen molar-refractivity contribution in [3.05, 3.63) is 107 Å². The van der Waals surface area contributed by atoms with Gasteiger partial charge < -0.3 is 0 Å². The van der Waals surface area contributed by atoms with Crippen LogP contribution in [0.1, 0.15) is 53.5 Å². The van der Waals surface area contributed by atoms with Crippen LogP contribution in [0.15, 0.2) is 78.9 Å². The molecule has 0 amide bonds. The molecule has 0 bridgehead atoms. The Morgan fingerprint density at radius 3 is 1.89 bits per heavy atom. The molecule has 28 heavy (non-hydrogen) atoms. The molecule has 3 aromatic rings. The summed E-state index contributed by atoms with van der Waals surface area (Å²) in [6.45, 7) is 5.54. The zero-order valence-corrected chi connectivity index (χ0v) is 16.7. The molecule has 0 radical (unpaired) electrons. The van der Waals surface area contributed by atoms with Crippen LogP contribution in [0.5, 0.6) is 0 Å². The molecular formula is C27H29N. The van der Waals surface area contributed by atoms with Gasteiger partial charge in [-0.05, 0) is 53.7 Å². The third-order valence-electron chi connectivity index (χ3n) is 5.85. The van der Waals surface area contributed by atoms with Gasteiger partial charge in [-0.15, -0.1) is 0 Å². The lowest BCUT2D eigenvalue weighted by atomic mass is 9.84. The fourth-order valence-electron chi connectivity index (χ4n) is 4.33. The highest BCUT2D eigenvalue weighted by Gasteiger charge is 2.21. The Hall–Kier alpha value is -2.64. The van der Waals surface area contributed by atoms with E-state index in [9.17, 15) is 0 Å². The number of fused-ring (bicyclic) bond motifs is 2. The molecule has 1 nitrogen and oxygen atoms in total. The summed E-state index contributed by atoms with van der Waals surface area (Å²) in [5.41, 5.74) is 7.06. The van der Waals surface area contributed by atoms with Crippen molar-refractivity contribution in [1.29, 1.82) is 0 Å². The van der Waals surface area contributed by atoms with Crippen LogP contribution in [0.4, 0.5) is 0 Å². The molecular weight excluding hydrogens is 338 g/mol. The van der Waals surface area contributed by atoms with Gasteiger partial charge in [-0.1, -0.05) is 97.9 Å². The van der Waals surface area contributed by atoms with Crippen LogP contribution in [-0.2, 0) is 6.54 Å². The van der Waals surface area contributed by atoms with E-state index in [1.807, 2.05) is 0 Å². The maximum absolute atomic E-state index is 2.56. The molecule has 0 unspecified atom stereocenters. The zero-order chi connectivity index (χ0) is 19.2. The molecule has 0 saturated heterocycles. The summed E-state index contributed by atoms with van der Waals surface area (Å²) in [6, 6.07) is 28.6. The van der Waals surface area contributed by atoms with Crippen molar-refractivity contribution >= 4 is 12.2 Å². The summed E-state index contributed by atoms with van der Waals surface area (Å²) >= 11 is 0. The fraction of sp³-hybridized carbons (Fsp3) is 0.259. The first-order valence-electron chi connectivity index (χ1n) is 10.5. The zero-order valence-electron chi connectivity index (χ0n) is 16.7. The summed E-state index contributed by atoms with van der Waals surface area (Å²) < 4.78 is 0. The van der Waals surface area contributed by atoms with Gasteiger partial charge >= 0.3 is 0 Å². The van der Waals surface area contributed by atoms with E-state index in [1.165, 1.54) is 40.7 Å². The molecule has 0 heterocycles. The summed E-state index contributed by atoms with van der Waals surface area (Å²) in [6.07, 6.45) is 6.94. The molecule has 142 valence electrons. The molecule has 1 aliphatic carbocycles. The molecule has 0 aliphatic heterocycles. The van der Waals surface area contributed by atoms with Crippen molar-refractivity contribution in [3.8, 4) is 0 Å². The van der Waals surface area contributed by atoms with E-state index in [0.29, 0.717) is 5.92 Å². The monoisotopic (exact) mass is 367 g/mol. The highest BCUT2D eigenvalue weighted by molar-refractivity contribution is 5.76. The highest BCUT2D eigenvalue weighted by Crippen LogP contribution is 2.37. The standard InChI is InChI=1S/C27H29N/c1-2-28(21-22-11-4-3-5-12-22)20-10-17-27-25-15-8-6-13-23(25)18-19-24-14-7-9-16-26(24)27/h3-9,11-16,18-19,27H,2,10,17,20-21H2,1H3. The Labute approximate surface area is 169 Å². The van der Waals surface area contributed by atoms with Crippen LogP contribution < -0.4 is 0 Å². The van der Waals surface area contributed by atoms with Gasteiger partial charge in [0.25, 0.3) is 0 Å².